The van der Waals surface area contributed by atoms with Crippen molar-refractivity contribution < 1.29 is 19.4 Å². The number of aromatic hydroxyl groups is 1. The average molecular weight is 224 g/mol. The molecule has 1 rings (SSSR count). The predicted octanol–water partition coefficient (Wildman–Crippen LogP) is 2.11. The number of ether oxygens (including phenoxy) is 2. The Balaban J connectivity index is 2.39. The highest BCUT2D eigenvalue weighted by Crippen LogP contribution is 2.19. The fraction of sp³-hybridized carbons (Fsp3) is 0.417. The van der Waals surface area contributed by atoms with Gasteiger partial charge in [0.15, 0.2) is 0 Å². The monoisotopic (exact) mass is 224 g/mol. The van der Waals surface area contributed by atoms with Gasteiger partial charge in [0.2, 0.25) is 0 Å². The van der Waals surface area contributed by atoms with E-state index in [0.717, 1.165) is 0 Å². The first-order chi connectivity index (χ1) is 7.61. The molecule has 0 aliphatic carbocycles. The molecule has 0 aromatic heterocycles. The number of hydrogen-bond donors (Lipinski definition) is 1. The maximum Gasteiger partial charge on any atom is 0.305 e. The lowest BCUT2D eigenvalue weighted by atomic mass is 10.2. The maximum atomic E-state index is 10.9. The van der Waals surface area contributed by atoms with Gasteiger partial charge in [-0.05, 0) is 25.5 Å². The first-order valence-corrected chi connectivity index (χ1v) is 5.14. The van der Waals surface area contributed by atoms with E-state index in [0.29, 0.717) is 18.6 Å². The second-order valence-corrected chi connectivity index (χ2v) is 3.54. The minimum absolute atomic E-state index is 0.0964. The van der Waals surface area contributed by atoms with E-state index in [1.807, 2.05) is 6.92 Å². The SMILES string of the molecule is COC(=O)CCC(C)Oc1cccc(O)c1. The van der Waals surface area contributed by atoms with Gasteiger partial charge in [-0.2, -0.15) is 0 Å². The number of esters is 1. The number of phenols is 1. The minimum atomic E-state index is -0.244. The molecular formula is C12H16O4. The standard InChI is InChI=1S/C12H16O4/c1-9(6-7-12(14)15-2)16-11-5-3-4-10(13)8-11/h3-5,8-9,13H,6-7H2,1-2H3. The molecule has 88 valence electrons. The molecule has 0 saturated carbocycles. The highest BCUT2D eigenvalue weighted by Gasteiger charge is 2.08. The molecule has 1 aromatic carbocycles. The van der Waals surface area contributed by atoms with Gasteiger partial charge < -0.3 is 14.6 Å². The summed E-state index contributed by atoms with van der Waals surface area (Å²) in [4.78, 5) is 10.9. The molecule has 16 heavy (non-hydrogen) atoms. The van der Waals surface area contributed by atoms with Gasteiger partial charge in [-0.15, -0.1) is 0 Å². The van der Waals surface area contributed by atoms with E-state index in [-0.39, 0.29) is 17.8 Å². The predicted molar refractivity (Wildman–Crippen MR) is 59.4 cm³/mol. The van der Waals surface area contributed by atoms with Crippen molar-refractivity contribution in [1.82, 2.24) is 0 Å². The van der Waals surface area contributed by atoms with Crippen molar-refractivity contribution in [2.75, 3.05) is 7.11 Å². The largest absolute Gasteiger partial charge is 0.508 e. The molecule has 0 amide bonds. The van der Waals surface area contributed by atoms with Crippen LogP contribution in [0.25, 0.3) is 0 Å². The maximum absolute atomic E-state index is 10.9. The fourth-order valence-electron chi connectivity index (χ4n) is 1.27. The number of phenolic OH excluding ortho intramolecular Hbond substituents is 1. The Labute approximate surface area is 94.8 Å². The Bertz CT molecular complexity index is 349. The molecule has 1 aromatic rings. The molecule has 1 N–H and O–H groups in total. The zero-order valence-electron chi connectivity index (χ0n) is 9.47. The molecular weight excluding hydrogens is 208 g/mol. The summed E-state index contributed by atoms with van der Waals surface area (Å²) >= 11 is 0. The molecule has 0 saturated heterocycles. The smallest absolute Gasteiger partial charge is 0.305 e. The van der Waals surface area contributed by atoms with Crippen LogP contribution in [-0.4, -0.2) is 24.3 Å². The van der Waals surface area contributed by atoms with Crippen molar-refractivity contribution in [2.45, 2.75) is 25.9 Å². The van der Waals surface area contributed by atoms with Crippen LogP contribution in [-0.2, 0) is 9.53 Å². The van der Waals surface area contributed by atoms with Gasteiger partial charge >= 0.3 is 5.97 Å². The van der Waals surface area contributed by atoms with E-state index in [4.69, 9.17) is 4.74 Å². The summed E-state index contributed by atoms with van der Waals surface area (Å²) in [5.41, 5.74) is 0. The third-order valence-corrected chi connectivity index (χ3v) is 2.14. The third-order valence-electron chi connectivity index (χ3n) is 2.14. The van der Waals surface area contributed by atoms with Crippen LogP contribution in [0, 0.1) is 0 Å². The number of rotatable bonds is 5. The highest BCUT2D eigenvalue weighted by molar-refractivity contribution is 5.69. The van der Waals surface area contributed by atoms with Crippen LogP contribution in [0.15, 0.2) is 24.3 Å². The van der Waals surface area contributed by atoms with E-state index >= 15 is 0 Å². The fourth-order valence-corrected chi connectivity index (χ4v) is 1.27. The topological polar surface area (TPSA) is 55.8 Å². The quantitative estimate of drug-likeness (QED) is 0.778. The van der Waals surface area contributed by atoms with Crippen molar-refractivity contribution in [3.05, 3.63) is 24.3 Å². The molecule has 1 unspecified atom stereocenters. The Hall–Kier alpha value is -1.71. The molecule has 4 heteroatoms. The highest BCUT2D eigenvalue weighted by atomic mass is 16.5. The van der Waals surface area contributed by atoms with Gasteiger partial charge in [0.05, 0.1) is 13.2 Å². The molecule has 4 nitrogen and oxygen atoms in total. The molecule has 0 heterocycles. The van der Waals surface area contributed by atoms with Crippen molar-refractivity contribution in [3.63, 3.8) is 0 Å². The van der Waals surface area contributed by atoms with Crippen LogP contribution in [0.3, 0.4) is 0 Å². The van der Waals surface area contributed by atoms with E-state index in [1.165, 1.54) is 13.2 Å². The summed E-state index contributed by atoms with van der Waals surface area (Å²) < 4.78 is 10.1. The molecule has 0 aliphatic rings. The van der Waals surface area contributed by atoms with Gasteiger partial charge in [0.1, 0.15) is 11.5 Å². The molecule has 0 bridgehead atoms. The Morgan fingerprint density at radius 1 is 1.50 bits per heavy atom. The van der Waals surface area contributed by atoms with Crippen LogP contribution in [0.4, 0.5) is 0 Å². The third kappa shape index (κ3) is 4.21. The zero-order valence-corrected chi connectivity index (χ0v) is 9.47. The normalized spacial score (nSPS) is 11.9. The number of methoxy groups -OCH3 is 1. The van der Waals surface area contributed by atoms with Gasteiger partial charge in [-0.3, -0.25) is 4.79 Å². The first-order valence-electron chi connectivity index (χ1n) is 5.14. The summed E-state index contributed by atoms with van der Waals surface area (Å²) in [5, 5.41) is 9.23. The van der Waals surface area contributed by atoms with Crippen LogP contribution in [0.2, 0.25) is 0 Å². The second kappa shape index (κ2) is 6.00. The van der Waals surface area contributed by atoms with Crippen molar-refractivity contribution in [1.29, 1.82) is 0 Å². The summed E-state index contributed by atoms with van der Waals surface area (Å²) in [6.07, 6.45) is 0.819. The molecule has 1 atom stereocenters. The molecule has 0 spiro atoms. The van der Waals surface area contributed by atoms with E-state index < -0.39 is 0 Å². The Morgan fingerprint density at radius 2 is 2.25 bits per heavy atom. The minimum Gasteiger partial charge on any atom is -0.508 e. The van der Waals surface area contributed by atoms with Crippen LogP contribution in [0.1, 0.15) is 19.8 Å². The summed E-state index contributed by atoms with van der Waals surface area (Å²) in [6, 6.07) is 6.58. The molecule has 0 radical (unpaired) electrons. The van der Waals surface area contributed by atoms with Crippen LogP contribution >= 0.6 is 0 Å². The van der Waals surface area contributed by atoms with Crippen molar-refractivity contribution in [2.24, 2.45) is 0 Å². The average Bonchev–Trinajstić information content (AvgIpc) is 2.26. The van der Waals surface area contributed by atoms with Crippen LogP contribution < -0.4 is 4.74 Å². The second-order valence-electron chi connectivity index (χ2n) is 3.54. The summed E-state index contributed by atoms with van der Waals surface area (Å²) in [7, 11) is 1.36. The van der Waals surface area contributed by atoms with Gasteiger partial charge in [-0.25, -0.2) is 0 Å². The van der Waals surface area contributed by atoms with E-state index in [1.54, 1.807) is 18.2 Å². The van der Waals surface area contributed by atoms with Crippen molar-refractivity contribution in [3.8, 4) is 11.5 Å². The van der Waals surface area contributed by atoms with Gasteiger partial charge in [0.25, 0.3) is 0 Å². The van der Waals surface area contributed by atoms with Crippen LogP contribution in [0.5, 0.6) is 11.5 Å². The lowest BCUT2D eigenvalue weighted by Crippen LogP contribution is -2.14. The number of benzene rings is 1. The Morgan fingerprint density at radius 3 is 2.88 bits per heavy atom. The van der Waals surface area contributed by atoms with Gasteiger partial charge in [-0.1, -0.05) is 6.07 Å². The number of carbonyl (C=O) groups is 1. The van der Waals surface area contributed by atoms with Gasteiger partial charge in [0, 0.05) is 12.5 Å². The lowest BCUT2D eigenvalue weighted by Gasteiger charge is -2.14. The molecule has 0 fully saturated rings. The number of carbonyl (C=O) groups excluding carboxylic acids is 1. The summed E-state index contributed by atoms with van der Waals surface area (Å²) in [6.45, 7) is 1.87. The first kappa shape index (κ1) is 12.4. The Kier molecular flexibility index (Phi) is 4.64. The van der Waals surface area contributed by atoms with E-state index in [2.05, 4.69) is 4.74 Å². The molecule has 0 aliphatic heterocycles. The number of hydrogen-bond acceptors (Lipinski definition) is 4. The van der Waals surface area contributed by atoms with E-state index in [9.17, 15) is 9.90 Å². The lowest BCUT2D eigenvalue weighted by molar-refractivity contribution is -0.141. The van der Waals surface area contributed by atoms with Crippen molar-refractivity contribution >= 4 is 5.97 Å². The zero-order chi connectivity index (χ0) is 12.0. The summed E-state index contributed by atoms with van der Waals surface area (Å²) in [5.74, 6) is 0.515.